The first-order chi connectivity index (χ1) is 10.7. The van der Waals surface area contributed by atoms with Crippen LogP contribution in [0.3, 0.4) is 0 Å². The van der Waals surface area contributed by atoms with Gasteiger partial charge in [-0.15, -0.1) is 0 Å². The molecule has 23 heavy (non-hydrogen) atoms. The Morgan fingerprint density at radius 3 is 2.39 bits per heavy atom. The summed E-state index contributed by atoms with van der Waals surface area (Å²) in [6.45, 7) is 12.1. The van der Waals surface area contributed by atoms with Crippen LogP contribution in [-0.2, 0) is 16.0 Å². The van der Waals surface area contributed by atoms with Crippen molar-refractivity contribution in [3.05, 3.63) is 29.3 Å². The van der Waals surface area contributed by atoms with Crippen LogP contribution >= 0.6 is 0 Å². The summed E-state index contributed by atoms with van der Waals surface area (Å²) < 4.78 is 0. The molecule has 1 aromatic rings. The molecule has 2 N–H and O–H groups in total. The van der Waals surface area contributed by atoms with E-state index in [1.165, 1.54) is 0 Å². The van der Waals surface area contributed by atoms with Crippen LogP contribution in [0.15, 0.2) is 18.2 Å². The number of rotatable bonds is 7. The van der Waals surface area contributed by atoms with Crippen LogP contribution < -0.4 is 10.6 Å². The summed E-state index contributed by atoms with van der Waals surface area (Å²) in [6.07, 6.45) is 1.74. The van der Waals surface area contributed by atoms with E-state index in [1.54, 1.807) is 13.8 Å². The second-order valence-corrected chi connectivity index (χ2v) is 6.98. The smallest absolute Gasteiger partial charge is 0.239 e. The minimum Gasteiger partial charge on any atom is -0.355 e. The minimum atomic E-state index is -1.11. The summed E-state index contributed by atoms with van der Waals surface area (Å²) in [5.74, 6) is 0.0112. The molecule has 0 bridgehead atoms. The van der Waals surface area contributed by atoms with E-state index in [4.69, 9.17) is 0 Å². The molecule has 2 amide bonds. The molecule has 128 valence electrons. The maximum absolute atomic E-state index is 12.6. The normalized spacial score (nSPS) is 11.4. The second-order valence-electron chi connectivity index (χ2n) is 6.98. The van der Waals surface area contributed by atoms with Gasteiger partial charge in [-0.05, 0) is 50.7 Å². The maximum Gasteiger partial charge on any atom is 0.239 e. The van der Waals surface area contributed by atoms with Gasteiger partial charge in [0.1, 0.15) is 5.41 Å². The Labute approximate surface area is 140 Å². The van der Waals surface area contributed by atoms with Crippen LogP contribution in [0.5, 0.6) is 0 Å². The number of para-hydroxylation sites is 1. The summed E-state index contributed by atoms with van der Waals surface area (Å²) in [7, 11) is 0. The predicted molar refractivity (Wildman–Crippen MR) is 95.4 cm³/mol. The lowest BCUT2D eigenvalue weighted by Gasteiger charge is -2.24. The average Bonchev–Trinajstić information content (AvgIpc) is 2.48. The van der Waals surface area contributed by atoms with E-state index in [-0.39, 0.29) is 11.8 Å². The van der Waals surface area contributed by atoms with Gasteiger partial charge in [0.25, 0.3) is 0 Å². The SMILES string of the molecule is CCc1cccc(C)c1NC(=O)C(C)(C)C(=O)NCCC(C)C. The lowest BCUT2D eigenvalue weighted by Crippen LogP contribution is -2.45. The number of anilines is 1. The zero-order valence-corrected chi connectivity index (χ0v) is 15.2. The number of carbonyl (C=O) groups is 2. The Kier molecular flexibility index (Phi) is 6.79. The standard InChI is InChI=1S/C19H30N2O2/c1-7-15-10-8-9-14(4)16(15)21-18(23)19(5,6)17(22)20-12-11-13(2)3/h8-10,13H,7,11-12H2,1-6H3,(H,20,22)(H,21,23). The van der Waals surface area contributed by atoms with Crippen LogP contribution in [0, 0.1) is 18.3 Å². The molecule has 1 rings (SSSR count). The van der Waals surface area contributed by atoms with Crippen molar-refractivity contribution in [1.82, 2.24) is 5.32 Å². The van der Waals surface area contributed by atoms with Gasteiger partial charge in [0.2, 0.25) is 11.8 Å². The zero-order chi connectivity index (χ0) is 17.6. The fraction of sp³-hybridized carbons (Fsp3) is 0.579. The molecule has 0 saturated heterocycles. The summed E-state index contributed by atoms with van der Waals surface area (Å²) in [5, 5.41) is 5.81. The second kappa shape index (κ2) is 8.14. The molecule has 0 unspecified atom stereocenters. The Hall–Kier alpha value is -1.84. The summed E-state index contributed by atoms with van der Waals surface area (Å²) >= 11 is 0. The van der Waals surface area contributed by atoms with Crippen molar-refractivity contribution in [1.29, 1.82) is 0 Å². The van der Waals surface area contributed by atoms with Crippen molar-refractivity contribution < 1.29 is 9.59 Å². The Morgan fingerprint density at radius 2 is 1.83 bits per heavy atom. The number of amides is 2. The van der Waals surface area contributed by atoms with E-state index < -0.39 is 5.41 Å². The first kappa shape index (κ1) is 19.2. The van der Waals surface area contributed by atoms with Crippen molar-refractivity contribution in [2.75, 3.05) is 11.9 Å². The Balaban J connectivity index is 2.81. The molecule has 0 atom stereocenters. The molecule has 0 aromatic heterocycles. The number of nitrogens with one attached hydrogen (secondary N) is 2. The fourth-order valence-corrected chi connectivity index (χ4v) is 2.27. The summed E-state index contributed by atoms with van der Waals surface area (Å²) in [4.78, 5) is 25.0. The van der Waals surface area contributed by atoms with Crippen molar-refractivity contribution in [3.63, 3.8) is 0 Å². The number of hydrogen-bond donors (Lipinski definition) is 2. The van der Waals surface area contributed by atoms with E-state index in [1.807, 2.05) is 32.0 Å². The highest BCUT2D eigenvalue weighted by molar-refractivity contribution is 6.10. The Bertz CT molecular complexity index is 562. The first-order valence-electron chi connectivity index (χ1n) is 8.38. The number of benzene rings is 1. The highest BCUT2D eigenvalue weighted by Gasteiger charge is 2.36. The third kappa shape index (κ3) is 5.08. The van der Waals surface area contributed by atoms with E-state index in [0.29, 0.717) is 12.5 Å². The van der Waals surface area contributed by atoms with Crippen molar-refractivity contribution in [2.24, 2.45) is 11.3 Å². The highest BCUT2D eigenvalue weighted by atomic mass is 16.2. The molecule has 0 aliphatic heterocycles. The molecular weight excluding hydrogens is 288 g/mol. The topological polar surface area (TPSA) is 58.2 Å². The van der Waals surface area contributed by atoms with Gasteiger partial charge in [-0.2, -0.15) is 0 Å². The van der Waals surface area contributed by atoms with E-state index in [0.717, 1.165) is 29.7 Å². The molecule has 4 nitrogen and oxygen atoms in total. The molecule has 0 fully saturated rings. The molecule has 0 radical (unpaired) electrons. The maximum atomic E-state index is 12.6. The molecule has 0 aliphatic carbocycles. The van der Waals surface area contributed by atoms with Crippen molar-refractivity contribution in [2.45, 2.75) is 54.4 Å². The Morgan fingerprint density at radius 1 is 1.17 bits per heavy atom. The third-order valence-electron chi connectivity index (χ3n) is 4.12. The molecule has 1 aromatic carbocycles. The predicted octanol–water partition coefficient (Wildman–Crippen LogP) is 3.68. The van der Waals surface area contributed by atoms with Crippen LogP contribution in [0.2, 0.25) is 0 Å². The van der Waals surface area contributed by atoms with Crippen LogP contribution in [0.1, 0.15) is 52.2 Å². The van der Waals surface area contributed by atoms with E-state index >= 15 is 0 Å². The van der Waals surface area contributed by atoms with E-state index in [2.05, 4.69) is 24.5 Å². The molecule has 0 saturated carbocycles. The molecular formula is C19H30N2O2. The van der Waals surface area contributed by atoms with Gasteiger partial charge in [-0.3, -0.25) is 9.59 Å². The van der Waals surface area contributed by atoms with Gasteiger partial charge in [-0.1, -0.05) is 39.0 Å². The lowest BCUT2D eigenvalue weighted by molar-refractivity contribution is -0.138. The number of aryl methyl sites for hydroxylation is 2. The van der Waals surface area contributed by atoms with Crippen LogP contribution in [0.4, 0.5) is 5.69 Å². The quantitative estimate of drug-likeness (QED) is 0.753. The zero-order valence-electron chi connectivity index (χ0n) is 15.2. The van der Waals surface area contributed by atoms with Gasteiger partial charge in [0, 0.05) is 12.2 Å². The first-order valence-corrected chi connectivity index (χ1v) is 8.38. The lowest BCUT2D eigenvalue weighted by atomic mass is 9.90. The number of hydrogen-bond acceptors (Lipinski definition) is 2. The molecule has 0 aliphatic rings. The van der Waals surface area contributed by atoms with Gasteiger partial charge >= 0.3 is 0 Å². The van der Waals surface area contributed by atoms with Crippen LogP contribution in [0.25, 0.3) is 0 Å². The van der Waals surface area contributed by atoms with Crippen LogP contribution in [-0.4, -0.2) is 18.4 Å². The average molecular weight is 318 g/mol. The minimum absolute atomic E-state index is 0.234. The van der Waals surface area contributed by atoms with Gasteiger partial charge < -0.3 is 10.6 Å². The molecule has 0 spiro atoms. The van der Waals surface area contributed by atoms with Crippen molar-refractivity contribution >= 4 is 17.5 Å². The van der Waals surface area contributed by atoms with Gasteiger partial charge in [-0.25, -0.2) is 0 Å². The van der Waals surface area contributed by atoms with Crippen molar-refractivity contribution in [3.8, 4) is 0 Å². The van der Waals surface area contributed by atoms with Gasteiger partial charge in [0.05, 0.1) is 0 Å². The van der Waals surface area contributed by atoms with E-state index in [9.17, 15) is 9.59 Å². The fourth-order valence-electron chi connectivity index (χ4n) is 2.27. The number of carbonyl (C=O) groups excluding carboxylic acids is 2. The third-order valence-corrected chi connectivity index (χ3v) is 4.12. The largest absolute Gasteiger partial charge is 0.355 e. The highest BCUT2D eigenvalue weighted by Crippen LogP contribution is 2.25. The summed E-state index contributed by atoms with van der Waals surface area (Å²) in [5.41, 5.74) is 1.80. The van der Waals surface area contributed by atoms with Gasteiger partial charge in [0.15, 0.2) is 0 Å². The monoisotopic (exact) mass is 318 g/mol. The molecule has 4 heteroatoms. The molecule has 0 heterocycles. The summed E-state index contributed by atoms with van der Waals surface area (Å²) in [6, 6.07) is 5.94.